The Bertz CT molecular complexity index is 777. The minimum Gasteiger partial charge on any atom is -0.480 e. The van der Waals surface area contributed by atoms with Gasteiger partial charge >= 0.3 is 11.7 Å². The lowest BCUT2D eigenvalue weighted by molar-refractivity contribution is -0.139. The molecule has 1 aromatic heterocycles. The third-order valence-corrected chi connectivity index (χ3v) is 4.60. The van der Waals surface area contributed by atoms with Crippen LogP contribution in [0.4, 0.5) is 0 Å². The van der Waals surface area contributed by atoms with Gasteiger partial charge in [0.25, 0.3) is 5.56 Å². The van der Waals surface area contributed by atoms with Crippen molar-refractivity contribution in [2.75, 3.05) is 0 Å². The van der Waals surface area contributed by atoms with Crippen molar-refractivity contribution in [1.82, 2.24) is 13.9 Å². The normalized spacial score (nSPS) is 13.0. The Labute approximate surface area is 127 Å². The van der Waals surface area contributed by atoms with Crippen LogP contribution in [0.2, 0.25) is 0 Å². The van der Waals surface area contributed by atoms with Crippen molar-refractivity contribution >= 4 is 16.0 Å². The number of aromatic nitrogens is 2. The molecule has 0 saturated carbocycles. The molecular formula is C12H19N3O6S. The molecule has 0 radical (unpaired) electrons. The summed E-state index contributed by atoms with van der Waals surface area (Å²) in [6.45, 7) is 1.84. The van der Waals surface area contributed by atoms with Gasteiger partial charge in [-0.05, 0) is 6.42 Å². The highest BCUT2D eigenvalue weighted by atomic mass is 32.2. The van der Waals surface area contributed by atoms with Crippen molar-refractivity contribution in [3.8, 4) is 0 Å². The zero-order chi connectivity index (χ0) is 17.1. The van der Waals surface area contributed by atoms with E-state index in [1.54, 1.807) is 0 Å². The molecule has 0 bridgehead atoms. The van der Waals surface area contributed by atoms with E-state index in [0.717, 1.165) is 17.8 Å². The van der Waals surface area contributed by atoms with Gasteiger partial charge in [0.2, 0.25) is 10.0 Å². The number of aryl methyl sites for hydroxylation is 1. The minimum absolute atomic E-state index is 0.108. The van der Waals surface area contributed by atoms with Gasteiger partial charge in [0.05, 0.1) is 0 Å². The lowest BCUT2D eigenvalue weighted by Gasteiger charge is -2.15. The number of unbranched alkanes of at least 4 members (excludes halogenated alkanes) is 1. The molecule has 9 nitrogen and oxygen atoms in total. The SMILES string of the molecule is CCCC[C@H](NS(=O)(=O)c1cn(C)c(=O)n(C)c1=O)C(=O)O. The Balaban J connectivity index is 3.28. The largest absolute Gasteiger partial charge is 0.480 e. The Morgan fingerprint density at radius 1 is 1.36 bits per heavy atom. The zero-order valence-corrected chi connectivity index (χ0v) is 13.4. The summed E-state index contributed by atoms with van der Waals surface area (Å²) >= 11 is 0. The maximum Gasteiger partial charge on any atom is 0.330 e. The van der Waals surface area contributed by atoms with Crippen molar-refractivity contribution in [2.24, 2.45) is 14.1 Å². The van der Waals surface area contributed by atoms with Crippen molar-refractivity contribution in [3.05, 3.63) is 27.0 Å². The molecule has 0 spiro atoms. The van der Waals surface area contributed by atoms with E-state index in [9.17, 15) is 22.8 Å². The number of carboxylic acids is 1. The third-order valence-electron chi connectivity index (χ3n) is 3.15. The highest BCUT2D eigenvalue weighted by molar-refractivity contribution is 7.89. The average Bonchev–Trinajstić information content (AvgIpc) is 2.44. The van der Waals surface area contributed by atoms with Gasteiger partial charge in [-0.2, -0.15) is 4.72 Å². The molecule has 22 heavy (non-hydrogen) atoms. The second-order valence-corrected chi connectivity index (χ2v) is 6.59. The Hall–Kier alpha value is -1.94. The van der Waals surface area contributed by atoms with Gasteiger partial charge in [-0.3, -0.25) is 14.2 Å². The van der Waals surface area contributed by atoms with E-state index in [4.69, 9.17) is 5.11 Å². The maximum absolute atomic E-state index is 12.2. The van der Waals surface area contributed by atoms with Crippen molar-refractivity contribution in [2.45, 2.75) is 37.1 Å². The van der Waals surface area contributed by atoms with Crippen molar-refractivity contribution in [1.29, 1.82) is 0 Å². The highest BCUT2D eigenvalue weighted by Crippen LogP contribution is 2.07. The predicted molar refractivity (Wildman–Crippen MR) is 78.2 cm³/mol. The highest BCUT2D eigenvalue weighted by Gasteiger charge is 2.28. The molecule has 0 unspecified atom stereocenters. The van der Waals surface area contributed by atoms with E-state index < -0.39 is 38.2 Å². The van der Waals surface area contributed by atoms with Crippen molar-refractivity contribution in [3.63, 3.8) is 0 Å². The predicted octanol–water partition coefficient (Wildman–Crippen LogP) is -0.994. The first kappa shape index (κ1) is 18.1. The lowest BCUT2D eigenvalue weighted by Crippen LogP contribution is -2.45. The van der Waals surface area contributed by atoms with Gasteiger partial charge in [-0.15, -0.1) is 0 Å². The molecule has 0 aliphatic rings. The van der Waals surface area contributed by atoms with Gasteiger partial charge in [-0.1, -0.05) is 19.8 Å². The number of nitrogens with one attached hydrogen (secondary N) is 1. The summed E-state index contributed by atoms with van der Waals surface area (Å²) in [5.41, 5.74) is -1.68. The molecule has 1 atom stereocenters. The monoisotopic (exact) mass is 333 g/mol. The van der Waals surface area contributed by atoms with Gasteiger partial charge < -0.3 is 9.67 Å². The number of carboxylic acid groups (broad SMARTS) is 1. The summed E-state index contributed by atoms with van der Waals surface area (Å²) in [5, 5.41) is 9.07. The van der Waals surface area contributed by atoms with Crippen molar-refractivity contribution < 1.29 is 18.3 Å². The molecule has 10 heteroatoms. The van der Waals surface area contributed by atoms with Gasteiger partial charge in [0, 0.05) is 20.3 Å². The van der Waals surface area contributed by atoms with Gasteiger partial charge in [-0.25, -0.2) is 13.2 Å². The van der Waals surface area contributed by atoms with Crippen LogP contribution in [-0.2, 0) is 28.9 Å². The summed E-state index contributed by atoms with van der Waals surface area (Å²) < 4.78 is 28.1. The topological polar surface area (TPSA) is 127 Å². The second kappa shape index (κ2) is 6.88. The Kier molecular flexibility index (Phi) is 5.66. The number of carbonyl (C=O) groups is 1. The van der Waals surface area contributed by atoms with E-state index in [1.807, 2.05) is 11.6 Å². The first-order chi connectivity index (χ1) is 10.1. The smallest absolute Gasteiger partial charge is 0.330 e. The number of hydrogen-bond donors (Lipinski definition) is 2. The van der Waals surface area contributed by atoms with Crippen LogP contribution in [0.3, 0.4) is 0 Å². The molecule has 1 heterocycles. The summed E-state index contributed by atoms with van der Waals surface area (Å²) in [6.07, 6.45) is 2.21. The fraction of sp³-hybridized carbons (Fsp3) is 0.583. The molecule has 2 N–H and O–H groups in total. The summed E-state index contributed by atoms with van der Waals surface area (Å²) in [6, 6.07) is -1.33. The van der Waals surface area contributed by atoms with Gasteiger partial charge in [0.1, 0.15) is 6.04 Å². The maximum atomic E-state index is 12.2. The number of rotatable bonds is 7. The van der Waals surface area contributed by atoms with E-state index in [-0.39, 0.29) is 6.42 Å². The van der Waals surface area contributed by atoms with Crippen LogP contribution in [0.1, 0.15) is 26.2 Å². The molecule has 0 amide bonds. The molecular weight excluding hydrogens is 314 g/mol. The second-order valence-electron chi connectivity index (χ2n) is 4.91. The summed E-state index contributed by atoms with van der Waals surface area (Å²) in [7, 11) is -1.90. The zero-order valence-electron chi connectivity index (χ0n) is 12.6. The van der Waals surface area contributed by atoms with Crippen LogP contribution in [0.5, 0.6) is 0 Å². The minimum atomic E-state index is -4.35. The molecule has 0 aliphatic carbocycles. The van der Waals surface area contributed by atoms with Crippen LogP contribution in [0.15, 0.2) is 20.7 Å². The number of hydrogen-bond acceptors (Lipinski definition) is 5. The first-order valence-electron chi connectivity index (χ1n) is 6.63. The standard InChI is InChI=1S/C12H19N3O6S/c1-4-5-6-8(11(17)18)13-22(20,21)9-7-14(2)12(19)15(3)10(9)16/h7-8,13H,4-6H2,1-3H3,(H,17,18)/t8-/m0/s1. The molecule has 0 aliphatic heterocycles. The first-order valence-corrected chi connectivity index (χ1v) is 8.12. The number of nitrogens with zero attached hydrogens (tertiary/aromatic N) is 2. The van der Waals surface area contributed by atoms with Crippen LogP contribution < -0.4 is 16.0 Å². The number of aliphatic carboxylic acids is 1. The summed E-state index contributed by atoms with van der Waals surface area (Å²) in [5.74, 6) is -1.32. The summed E-state index contributed by atoms with van der Waals surface area (Å²) in [4.78, 5) is 33.9. The molecule has 124 valence electrons. The molecule has 1 aromatic rings. The van der Waals surface area contributed by atoms with Crippen LogP contribution in [0, 0.1) is 0 Å². The fourth-order valence-corrected chi connectivity index (χ4v) is 3.24. The van der Waals surface area contributed by atoms with E-state index in [0.29, 0.717) is 17.4 Å². The van der Waals surface area contributed by atoms with E-state index >= 15 is 0 Å². The average molecular weight is 333 g/mol. The van der Waals surface area contributed by atoms with Crippen LogP contribution in [-0.4, -0.2) is 34.7 Å². The fourth-order valence-electron chi connectivity index (χ4n) is 1.85. The molecule has 0 fully saturated rings. The van der Waals surface area contributed by atoms with E-state index in [1.165, 1.54) is 7.05 Å². The lowest BCUT2D eigenvalue weighted by atomic mass is 10.1. The molecule has 1 rings (SSSR count). The van der Waals surface area contributed by atoms with Crippen LogP contribution >= 0.6 is 0 Å². The quantitative estimate of drug-likeness (QED) is 0.659. The third kappa shape index (κ3) is 3.83. The van der Waals surface area contributed by atoms with E-state index in [2.05, 4.69) is 0 Å². The molecule has 0 saturated heterocycles. The Morgan fingerprint density at radius 3 is 2.45 bits per heavy atom. The molecule has 0 aromatic carbocycles. The van der Waals surface area contributed by atoms with Gasteiger partial charge in [0.15, 0.2) is 4.90 Å². The number of sulfonamides is 1. The Morgan fingerprint density at radius 2 is 1.95 bits per heavy atom. The van der Waals surface area contributed by atoms with Crippen LogP contribution in [0.25, 0.3) is 0 Å².